The average molecular weight is 234 g/mol. The molecule has 0 aliphatic rings. The van der Waals surface area contributed by atoms with Crippen LogP contribution in [-0.2, 0) is 6.18 Å². The Labute approximate surface area is 91.3 Å². The highest BCUT2D eigenvalue weighted by molar-refractivity contribution is 5.46. The van der Waals surface area contributed by atoms with Crippen LogP contribution in [0.15, 0.2) is 6.07 Å². The highest BCUT2D eigenvalue weighted by atomic mass is 19.4. The summed E-state index contributed by atoms with van der Waals surface area (Å²) < 4.78 is 37.2. The van der Waals surface area contributed by atoms with Crippen LogP contribution < -0.4 is 10.6 Å². The molecule has 0 aliphatic carbocycles. The maximum atomic E-state index is 12.4. The van der Waals surface area contributed by atoms with Crippen molar-refractivity contribution in [1.29, 1.82) is 0 Å². The minimum Gasteiger partial charge on any atom is -0.384 e. The van der Waals surface area contributed by atoms with Crippen molar-refractivity contribution in [3.8, 4) is 0 Å². The van der Waals surface area contributed by atoms with Gasteiger partial charge in [0.15, 0.2) is 0 Å². The van der Waals surface area contributed by atoms with Gasteiger partial charge in [0, 0.05) is 19.7 Å². The Kier molecular flexibility index (Phi) is 3.56. The number of nitrogen functional groups attached to an aromatic ring is 1. The second-order valence-electron chi connectivity index (χ2n) is 3.39. The molecule has 0 amide bonds. The fraction of sp³-hybridized carbons (Fsp3) is 0.556. The van der Waals surface area contributed by atoms with Crippen LogP contribution in [0.5, 0.6) is 0 Å². The van der Waals surface area contributed by atoms with Crippen molar-refractivity contribution in [2.75, 3.05) is 24.2 Å². The summed E-state index contributed by atoms with van der Waals surface area (Å²) in [6, 6.07) is 1.32. The quantitative estimate of drug-likeness (QED) is 0.868. The molecule has 0 radical (unpaired) electrons. The van der Waals surface area contributed by atoms with Gasteiger partial charge in [0.1, 0.15) is 11.6 Å². The minimum absolute atomic E-state index is 0.180. The zero-order valence-electron chi connectivity index (χ0n) is 9.04. The SMILES string of the molecule is CCCN(C)c1cc(N)nc(C(F)(F)F)n1. The molecule has 90 valence electrons. The monoisotopic (exact) mass is 234 g/mol. The van der Waals surface area contributed by atoms with E-state index in [-0.39, 0.29) is 11.6 Å². The summed E-state index contributed by atoms with van der Waals surface area (Å²) in [5, 5.41) is 0. The minimum atomic E-state index is -4.57. The van der Waals surface area contributed by atoms with E-state index in [4.69, 9.17) is 5.73 Å². The topological polar surface area (TPSA) is 55.0 Å². The molecule has 1 aromatic rings. The second kappa shape index (κ2) is 4.54. The second-order valence-corrected chi connectivity index (χ2v) is 3.39. The lowest BCUT2D eigenvalue weighted by Crippen LogP contribution is -2.22. The smallest absolute Gasteiger partial charge is 0.384 e. The molecule has 4 nitrogen and oxygen atoms in total. The van der Waals surface area contributed by atoms with E-state index in [1.165, 1.54) is 6.07 Å². The molecule has 2 N–H and O–H groups in total. The number of hydrogen-bond acceptors (Lipinski definition) is 4. The Hall–Kier alpha value is -1.53. The molecule has 0 saturated heterocycles. The summed E-state index contributed by atoms with van der Waals surface area (Å²) in [6.07, 6.45) is -3.76. The van der Waals surface area contributed by atoms with Crippen LogP contribution in [0.2, 0.25) is 0 Å². The largest absolute Gasteiger partial charge is 0.451 e. The molecule has 0 spiro atoms. The highest BCUT2D eigenvalue weighted by Crippen LogP contribution is 2.28. The fourth-order valence-corrected chi connectivity index (χ4v) is 1.22. The summed E-state index contributed by atoms with van der Waals surface area (Å²) >= 11 is 0. The lowest BCUT2D eigenvalue weighted by Gasteiger charge is -2.18. The molecule has 0 unspecified atom stereocenters. The number of aromatic nitrogens is 2. The number of hydrogen-bond donors (Lipinski definition) is 1. The maximum Gasteiger partial charge on any atom is 0.451 e. The first kappa shape index (κ1) is 12.5. The van der Waals surface area contributed by atoms with E-state index in [0.717, 1.165) is 6.42 Å². The van der Waals surface area contributed by atoms with E-state index in [2.05, 4.69) is 9.97 Å². The highest BCUT2D eigenvalue weighted by Gasteiger charge is 2.35. The Morgan fingerprint density at radius 1 is 1.38 bits per heavy atom. The van der Waals surface area contributed by atoms with Crippen LogP contribution in [0, 0.1) is 0 Å². The van der Waals surface area contributed by atoms with Crippen molar-refractivity contribution in [3.63, 3.8) is 0 Å². The summed E-state index contributed by atoms with van der Waals surface area (Å²) in [4.78, 5) is 8.20. The molecular formula is C9H13F3N4. The van der Waals surface area contributed by atoms with E-state index in [0.29, 0.717) is 6.54 Å². The molecular weight excluding hydrogens is 221 g/mol. The van der Waals surface area contributed by atoms with Gasteiger partial charge < -0.3 is 10.6 Å². The number of anilines is 2. The van der Waals surface area contributed by atoms with Crippen LogP contribution in [0.4, 0.5) is 24.8 Å². The van der Waals surface area contributed by atoms with Gasteiger partial charge in [-0.1, -0.05) is 6.92 Å². The first-order valence-corrected chi connectivity index (χ1v) is 4.77. The predicted octanol–water partition coefficient (Wildman–Crippen LogP) is 1.92. The number of nitrogens with two attached hydrogens (primary N) is 1. The van der Waals surface area contributed by atoms with Crippen LogP contribution in [0.3, 0.4) is 0 Å². The Morgan fingerprint density at radius 2 is 2.00 bits per heavy atom. The van der Waals surface area contributed by atoms with Crippen molar-refractivity contribution in [1.82, 2.24) is 9.97 Å². The van der Waals surface area contributed by atoms with Crippen molar-refractivity contribution in [2.24, 2.45) is 0 Å². The van der Waals surface area contributed by atoms with Gasteiger partial charge in [0.05, 0.1) is 0 Å². The molecule has 0 aliphatic heterocycles. The van der Waals surface area contributed by atoms with Gasteiger partial charge in [-0.15, -0.1) is 0 Å². The first-order valence-electron chi connectivity index (χ1n) is 4.77. The van der Waals surface area contributed by atoms with Crippen molar-refractivity contribution in [2.45, 2.75) is 19.5 Å². The number of nitrogens with zero attached hydrogens (tertiary/aromatic N) is 3. The van der Waals surface area contributed by atoms with Crippen molar-refractivity contribution >= 4 is 11.6 Å². The molecule has 0 fully saturated rings. The van der Waals surface area contributed by atoms with Crippen molar-refractivity contribution < 1.29 is 13.2 Å². The number of alkyl halides is 3. The van der Waals surface area contributed by atoms with Gasteiger partial charge in [0.2, 0.25) is 5.82 Å². The van der Waals surface area contributed by atoms with E-state index in [1.807, 2.05) is 6.92 Å². The molecule has 1 heterocycles. The molecule has 0 aromatic carbocycles. The summed E-state index contributed by atoms with van der Waals surface area (Å²) in [7, 11) is 1.66. The molecule has 0 atom stereocenters. The number of rotatable bonds is 3. The van der Waals surface area contributed by atoms with Gasteiger partial charge in [-0.2, -0.15) is 13.2 Å². The van der Waals surface area contributed by atoms with E-state index < -0.39 is 12.0 Å². The normalized spacial score (nSPS) is 11.6. The van der Waals surface area contributed by atoms with E-state index in [1.54, 1.807) is 11.9 Å². The van der Waals surface area contributed by atoms with Crippen LogP contribution in [0.25, 0.3) is 0 Å². The van der Waals surface area contributed by atoms with Crippen molar-refractivity contribution in [3.05, 3.63) is 11.9 Å². The lowest BCUT2D eigenvalue weighted by atomic mass is 10.4. The zero-order valence-corrected chi connectivity index (χ0v) is 9.04. The zero-order chi connectivity index (χ0) is 12.3. The Balaban J connectivity index is 3.08. The number of halogens is 3. The Bertz CT molecular complexity index is 364. The molecule has 1 rings (SSSR count). The van der Waals surface area contributed by atoms with Gasteiger partial charge in [-0.3, -0.25) is 0 Å². The van der Waals surface area contributed by atoms with E-state index in [9.17, 15) is 13.2 Å². The maximum absolute atomic E-state index is 12.4. The molecule has 0 bridgehead atoms. The van der Waals surface area contributed by atoms with Crippen LogP contribution in [0.1, 0.15) is 19.2 Å². The molecule has 7 heteroatoms. The molecule has 1 aromatic heterocycles. The predicted molar refractivity (Wildman–Crippen MR) is 55.0 cm³/mol. The standard InChI is InChI=1S/C9H13F3N4/c1-3-4-16(2)7-5-6(13)14-8(15-7)9(10,11)12/h5H,3-4H2,1-2H3,(H2,13,14,15). The van der Waals surface area contributed by atoms with Crippen LogP contribution >= 0.6 is 0 Å². The van der Waals surface area contributed by atoms with Gasteiger partial charge in [-0.05, 0) is 6.42 Å². The van der Waals surface area contributed by atoms with Gasteiger partial charge in [-0.25, -0.2) is 9.97 Å². The lowest BCUT2D eigenvalue weighted by molar-refractivity contribution is -0.144. The first-order chi connectivity index (χ1) is 7.34. The summed E-state index contributed by atoms with van der Waals surface area (Å²) in [6.45, 7) is 2.53. The third-order valence-electron chi connectivity index (χ3n) is 1.94. The van der Waals surface area contributed by atoms with Gasteiger partial charge >= 0.3 is 6.18 Å². The third kappa shape index (κ3) is 2.98. The molecule has 16 heavy (non-hydrogen) atoms. The summed E-state index contributed by atoms with van der Waals surface area (Å²) in [5.74, 6) is -1.20. The van der Waals surface area contributed by atoms with Gasteiger partial charge in [0.25, 0.3) is 0 Å². The molecule has 0 saturated carbocycles. The van der Waals surface area contributed by atoms with Crippen LogP contribution in [-0.4, -0.2) is 23.6 Å². The Morgan fingerprint density at radius 3 is 2.50 bits per heavy atom. The summed E-state index contributed by atoms with van der Waals surface area (Å²) in [5.41, 5.74) is 5.31. The van der Waals surface area contributed by atoms with E-state index >= 15 is 0 Å². The fourth-order valence-electron chi connectivity index (χ4n) is 1.22. The average Bonchev–Trinajstić information content (AvgIpc) is 2.16. The third-order valence-corrected chi connectivity index (χ3v) is 1.94.